The van der Waals surface area contributed by atoms with Gasteiger partial charge in [0.15, 0.2) is 0 Å². The molecule has 0 spiro atoms. The van der Waals surface area contributed by atoms with Crippen molar-refractivity contribution in [3.8, 4) is 23.0 Å². The molecule has 1 saturated carbocycles. The third kappa shape index (κ3) is 3.75. The van der Waals surface area contributed by atoms with Crippen molar-refractivity contribution < 1.29 is 14.6 Å². The summed E-state index contributed by atoms with van der Waals surface area (Å²) in [5.74, 6) is 1.36. The summed E-state index contributed by atoms with van der Waals surface area (Å²) in [5.41, 5.74) is 5.69. The number of rotatable bonds is 7. The molecule has 1 amide bonds. The molecule has 2 N–H and O–H groups in total. The number of nitrogens with zero attached hydrogens (tertiary/aromatic N) is 4. The van der Waals surface area contributed by atoms with Crippen LogP contribution in [0.4, 0.5) is 0 Å². The number of fused-ring (bicyclic) bond motifs is 3. The van der Waals surface area contributed by atoms with Crippen molar-refractivity contribution in [1.29, 1.82) is 0 Å². The number of aryl methyl sites for hydroxylation is 2. The SMILES string of the molecule is CCC(O)CNC(=O)c1cnn(-c2ncc3c(n2)-c2ccc(OC)cc2CC3)c1C1CC1. The van der Waals surface area contributed by atoms with E-state index in [1.54, 1.807) is 18.0 Å². The van der Waals surface area contributed by atoms with Gasteiger partial charge in [0.05, 0.1) is 36.4 Å². The smallest absolute Gasteiger partial charge is 0.254 e. The first kappa shape index (κ1) is 20.6. The van der Waals surface area contributed by atoms with E-state index >= 15 is 0 Å². The summed E-state index contributed by atoms with van der Waals surface area (Å²) in [6.07, 6.45) is 7.31. The van der Waals surface area contributed by atoms with Crippen LogP contribution >= 0.6 is 0 Å². The highest BCUT2D eigenvalue weighted by atomic mass is 16.5. The van der Waals surface area contributed by atoms with E-state index in [9.17, 15) is 9.90 Å². The monoisotopic (exact) mass is 433 g/mol. The number of nitrogens with one attached hydrogen (secondary N) is 1. The lowest BCUT2D eigenvalue weighted by Crippen LogP contribution is -2.32. The molecule has 1 aromatic carbocycles. The fraction of sp³-hybridized carbons (Fsp3) is 0.417. The largest absolute Gasteiger partial charge is 0.497 e. The Morgan fingerprint density at radius 1 is 1.28 bits per heavy atom. The molecule has 1 fully saturated rings. The van der Waals surface area contributed by atoms with Crippen LogP contribution in [0.1, 0.15) is 59.3 Å². The Kier molecular flexibility index (Phi) is 5.38. The number of benzene rings is 1. The number of hydrogen-bond acceptors (Lipinski definition) is 6. The summed E-state index contributed by atoms with van der Waals surface area (Å²) in [6.45, 7) is 2.10. The zero-order valence-electron chi connectivity index (χ0n) is 18.3. The molecule has 3 aromatic rings. The van der Waals surface area contributed by atoms with E-state index in [1.165, 1.54) is 5.56 Å². The van der Waals surface area contributed by atoms with E-state index in [-0.39, 0.29) is 18.4 Å². The van der Waals surface area contributed by atoms with Gasteiger partial charge in [0, 0.05) is 24.2 Å². The minimum atomic E-state index is -0.555. The van der Waals surface area contributed by atoms with Crippen molar-refractivity contribution in [2.24, 2.45) is 0 Å². The molecule has 2 aliphatic carbocycles. The van der Waals surface area contributed by atoms with Crippen molar-refractivity contribution in [3.63, 3.8) is 0 Å². The second-order valence-electron chi connectivity index (χ2n) is 8.47. The van der Waals surface area contributed by atoms with E-state index in [2.05, 4.69) is 21.5 Å². The molecule has 5 rings (SSSR count). The number of carbonyl (C=O) groups excluding carboxylic acids is 1. The molecule has 0 bridgehead atoms. The second-order valence-corrected chi connectivity index (χ2v) is 8.47. The lowest BCUT2D eigenvalue weighted by Gasteiger charge is -2.20. The number of hydrogen-bond donors (Lipinski definition) is 2. The standard InChI is InChI=1S/C24H27N5O3/c1-3-17(30)12-25-23(31)20-13-27-29(22(20)14-4-5-14)24-26-11-16-7-6-15-10-18(32-2)8-9-19(15)21(16)28-24/h8-11,13-14,17,30H,3-7,12H2,1-2H3,(H,25,31). The topological polar surface area (TPSA) is 102 Å². The van der Waals surface area contributed by atoms with Gasteiger partial charge in [-0.05, 0) is 61.4 Å². The van der Waals surface area contributed by atoms with Gasteiger partial charge in [-0.1, -0.05) is 6.92 Å². The summed E-state index contributed by atoms with van der Waals surface area (Å²) in [6, 6.07) is 6.06. The van der Waals surface area contributed by atoms with Gasteiger partial charge in [0.25, 0.3) is 11.9 Å². The predicted molar refractivity (Wildman–Crippen MR) is 119 cm³/mol. The Hall–Kier alpha value is -3.26. The Morgan fingerprint density at radius 2 is 2.09 bits per heavy atom. The van der Waals surface area contributed by atoms with Gasteiger partial charge in [-0.2, -0.15) is 5.10 Å². The molecule has 1 unspecified atom stereocenters. The van der Waals surface area contributed by atoms with E-state index in [0.29, 0.717) is 17.9 Å². The summed E-state index contributed by atoms with van der Waals surface area (Å²) in [7, 11) is 1.67. The van der Waals surface area contributed by atoms with E-state index in [0.717, 1.165) is 53.9 Å². The lowest BCUT2D eigenvalue weighted by atomic mass is 9.90. The Labute approximate surface area is 186 Å². The van der Waals surface area contributed by atoms with Crippen LogP contribution in [0.5, 0.6) is 5.75 Å². The summed E-state index contributed by atoms with van der Waals surface area (Å²) >= 11 is 0. The van der Waals surface area contributed by atoms with Crippen LogP contribution in [0.25, 0.3) is 17.2 Å². The lowest BCUT2D eigenvalue weighted by molar-refractivity contribution is 0.0913. The van der Waals surface area contributed by atoms with E-state index in [4.69, 9.17) is 9.72 Å². The number of aromatic nitrogens is 4. The van der Waals surface area contributed by atoms with Crippen LogP contribution in [0.2, 0.25) is 0 Å². The zero-order chi connectivity index (χ0) is 22.2. The fourth-order valence-corrected chi connectivity index (χ4v) is 4.21. The minimum Gasteiger partial charge on any atom is -0.497 e. The molecule has 32 heavy (non-hydrogen) atoms. The number of methoxy groups -OCH3 is 1. The first-order valence-electron chi connectivity index (χ1n) is 11.2. The van der Waals surface area contributed by atoms with Crippen LogP contribution in [0, 0.1) is 0 Å². The van der Waals surface area contributed by atoms with Crippen LogP contribution in [-0.2, 0) is 12.8 Å². The quantitative estimate of drug-likeness (QED) is 0.594. The molecule has 0 saturated heterocycles. The van der Waals surface area contributed by atoms with Crippen molar-refractivity contribution in [3.05, 3.63) is 53.0 Å². The van der Waals surface area contributed by atoms with Gasteiger partial charge in [0.1, 0.15) is 5.75 Å². The maximum Gasteiger partial charge on any atom is 0.254 e. The number of amides is 1. The van der Waals surface area contributed by atoms with Crippen molar-refractivity contribution >= 4 is 5.91 Å². The molecule has 1 atom stereocenters. The van der Waals surface area contributed by atoms with E-state index in [1.807, 2.05) is 25.3 Å². The Balaban J connectivity index is 1.51. The van der Waals surface area contributed by atoms with Gasteiger partial charge in [-0.25, -0.2) is 14.6 Å². The maximum atomic E-state index is 12.8. The van der Waals surface area contributed by atoms with Gasteiger partial charge in [-0.3, -0.25) is 4.79 Å². The van der Waals surface area contributed by atoms with Crippen LogP contribution in [-0.4, -0.2) is 50.5 Å². The first-order valence-corrected chi connectivity index (χ1v) is 11.2. The minimum absolute atomic E-state index is 0.221. The fourth-order valence-electron chi connectivity index (χ4n) is 4.21. The molecule has 8 nitrogen and oxygen atoms in total. The van der Waals surface area contributed by atoms with Crippen molar-refractivity contribution in [2.75, 3.05) is 13.7 Å². The van der Waals surface area contributed by atoms with Gasteiger partial charge in [-0.15, -0.1) is 0 Å². The molecular formula is C24H27N5O3. The predicted octanol–water partition coefficient (Wildman–Crippen LogP) is 2.81. The average molecular weight is 434 g/mol. The average Bonchev–Trinajstić information content (AvgIpc) is 3.58. The van der Waals surface area contributed by atoms with Crippen molar-refractivity contribution in [1.82, 2.24) is 25.1 Å². The highest BCUT2D eigenvalue weighted by Gasteiger charge is 2.34. The van der Waals surface area contributed by atoms with Gasteiger partial charge >= 0.3 is 0 Å². The van der Waals surface area contributed by atoms with Crippen LogP contribution in [0.15, 0.2) is 30.6 Å². The third-order valence-corrected chi connectivity index (χ3v) is 6.26. The normalized spacial score (nSPS) is 15.6. The maximum absolute atomic E-state index is 12.8. The highest BCUT2D eigenvalue weighted by molar-refractivity contribution is 5.95. The third-order valence-electron chi connectivity index (χ3n) is 6.26. The molecule has 0 radical (unpaired) electrons. The number of ether oxygens (including phenoxy) is 1. The second kappa shape index (κ2) is 8.35. The molecule has 2 heterocycles. The number of carbonyl (C=O) groups is 1. The molecule has 2 aromatic heterocycles. The first-order chi connectivity index (χ1) is 15.6. The molecule has 8 heteroatoms. The van der Waals surface area contributed by atoms with Crippen LogP contribution < -0.4 is 10.1 Å². The highest BCUT2D eigenvalue weighted by Crippen LogP contribution is 2.42. The van der Waals surface area contributed by atoms with Gasteiger partial charge < -0.3 is 15.2 Å². The van der Waals surface area contributed by atoms with E-state index < -0.39 is 6.10 Å². The van der Waals surface area contributed by atoms with Crippen molar-refractivity contribution in [2.45, 2.75) is 51.0 Å². The molecule has 2 aliphatic rings. The summed E-state index contributed by atoms with van der Waals surface area (Å²) in [4.78, 5) is 22.3. The summed E-state index contributed by atoms with van der Waals surface area (Å²) < 4.78 is 7.09. The number of aliphatic hydroxyl groups is 1. The van der Waals surface area contributed by atoms with Gasteiger partial charge in [0.2, 0.25) is 0 Å². The molecular weight excluding hydrogens is 406 g/mol. The van der Waals surface area contributed by atoms with Crippen LogP contribution in [0.3, 0.4) is 0 Å². The Bertz CT molecular complexity index is 1170. The molecule has 0 aliphatic heterocycles. The molecule has 166 valence electrons. The zero-order valence-corrected chi connectivity index (χ0v) is 18.3. The number of aliphatic hydroxyl groups excluding tert-OH is 1. The summed E-state index contributed by atoms with van der Waals surface area (Å²) in [5, 5.41) is 17.1. The Morgan fingerprint density at radius 3 is 2.84 bits per heavy atom.